The van der Waals surface area contributed by atoms with Crippen molar-refractivity contribution in [3.63, 3.8) is 0 Å². The summed E-state index contributed by atoms with van der Waals surface area (Å²) < 4.78 is 0. The molecule has 2 rings (SSSR count). The molecule has 0 aliphatic carbocycles. The topological polar surface area (TPSA) is 42.0 Å². The lowest BCUT2D eigenvalue weighted by atomic mass is 10.1. The van der Waals surface area contributed by atoms with E-state index in [4.69, 9.17) is 11.6 Å². The minimum Gasteiger partial charge on any atom is -0.348 e. The molecule has 0 radical (unpaired) electrons. The van der Waals surface area contributed by atoms with Crippen LogP contribution in [0.25, 0.3) is 0 Å². The molecule has 0 saturated carbocycles. The first-order valence-corrected chi connectivity index (χ1v) is 6.57. The highest BCUT2D eigenvalue weighted by molar-refractivity contribution is 6.17. The molecule has 0 fully saturated rings. The number of nitrogens with one attached hydrogen (secondary N) is 1. The van der Waals surface area contributed by atoms with Crippen molar-refractivity contribution in [2.24, 2.45) is 0 Å². The minimum absolute atomic E-state index is 0.0908. The Balaban J connectivity index is 1.96. The van der Waals surface area contributed by atoms with Crippen LogP contribution in [0.3, 0.4) is 0 Å². The summed E-state index contributed by atoms with van der Waals surface area (Å²) in [7, 11) is 0. The molecular weight excluding hydrogens is 260 g/mol. The summed E-state index contributed by atoms with van der Waals surface area (Å²) >= 11 is 5.73. The van der Waals surface area contributed by atoms with Gasteiger partial charge in [-0.05, 0) is 30.2 Å². The monoisotopic (exact) mass is 274 g/mol. The van der Waals surface area contributed by atoms with E-state index >= 15 is 0 Å². The Hall–Kier alpha value is -1.87. The van der Waals surface area contributed by atoms with Crippen molar-refractivity contribution in [1.29, 1.82) is 0 Å². The minimum atomic E-state index is -0.0908. The molecule has 0 aliphatic rings. The molecular formula is C15H15ClN2O. The molecule has 1 aromatic heterocycles. The van der Waals surface area contributed by atoms with Gasteiger partial charge in [-0.2, -0.15) is 0 Å². The maximum absolute atomic E-state index is 11.9. The second-order valence-corrected chi connectivity index (χ2v) is 4.59. The van der Waals surface area contributed by atoms with Gasteiger partial charge in [-0.3, -0.25) is 9.78 Å². The number of hydrogen-bond acceptors (Lipinski definition) is 2. The number of amides is 1. The van der Waals surface area contributed by atoms with Gasteiger partial charge >= 0.3 is 0 Å². The number of hydrogen-bond donors (Lipinski definition) is 1. The smallest absolute Gasteiger partial charge is 0.251 e. The summed E-state index contributed by atoms with van der Waals surface area (Å²) in [5.74, 6) is 0.412. The predicted octanol–water partition coefficient (Wildman–Crippen LogP) is 3.06. The van der Waals surface area contributed by atoms with E-state index < -0.39 is 0 Å². The van der Waals surface area contributed by atoms with Crippen molar-refractivity contribution >= 4 is 17.5 Å². The molecule has 4 heteroatoms. The van der Waals surface area contributed by atoms with Gasteiger partial charge in [0.15, 0.2) is 0 Å². The maximum Gasteiger partial charge on any atom is 0.251 e. The van der Waals surface area contributed by atoms with Gasteiger partial charge in [0.05, 0.1) is 0 Å². The van der Waals surface area contributed by atoms with Gasteiger partial charge in [0.25, 0.3) is 5.91 Å². The predicted molar refractivity (Wildman–Crippen MR) is 76.1 cm³/mol. The quantitative estimate of drug-likeness (QED) is 0.871. The van der Waals surface area contributed by atoms with Crippen molar-refractivity contribution in [2.75, 3.05) is 0 Å². The van der Waals surface area contributed by atoms with E-state index in [0.29, 0.717) is 18.0 Å². The number of aryl methyl sites for hydroxylation is 1. The number of carbonyl (C=O) groups is 1. The Morgan fingerprint density at radius 3 is 2.53 bits per heavy atom. The lowest BCUT2D eigenvalue weighted by Gasteiger charge is -2.06. The third kappa shape index (κ3) is 3.80. The van der Waals surface area contributed by atoms with Gasteiger partial charge in [0.2, 0.25) is 0 Å². The molecule has 0 atom stereocenters. The fourth-order valence-electron chi connectivity index (χ4n) is 1.72. The maximum atomic E-state index is 11.9. The van der Waals surface area contributed by atoms with E-state index in [-0.39, 0.29) is 5.91 Å². The van der Waals surface area contributed by atoms with Crippen molar-refractivity contribution in [3.05, 3.63) is 65.0 Å². The van der Waals surface area contributed by atoms with E-state index in [9.17, 15) is 4.79 Å². The molecule has 1 heterocycles. The van der Waals surface area contributed by atoms with Crippen molar-refractivity contribution in [1.82, 2.24) is 10.3 Å². The molecule has 3 nitrogen and oxygen atoms in total. The Labute approximate surface area is 117 Å². The first-order chi connectivity index (χ1) is 9.19. The van der Waals surface area contributed by atoms with Crippen LogP contribution in [0, 0.1) is 6.92 Å². The molecule has 0 bridgehead atoms. The van der Waals surface area contributed by atoms with E-state index in [2.05, 4.69) is 10.3 Å². The van der Waals surface area contributed by atoms with Gasteiger partial charge in [-0.15, -0.1) is 11.6 Å². The lowest BCUT2D eigenvalue weighted by Crippen LogP contribution is -2.22. The number of rotatable bonds is 4. The first-order valence-electron chi connectivity index (χ1n) is 6.03. The Morgan fingerprint density at radius 2 is 1.89 bits per heavy atom. The van der Waals surface area contributed by atoms with Crippen LogP contribution >= 0.6 is 11.6 Å². The van der Waals surface area contributed by atoms with Gasteiger partial charge in [0.1, 0.15) is 0 Å². The number of aromatic nitrogens is 1. The second-order valence-electron chi connectivity index (χ2n) is 4.32. The summed E-state index contributed by atoms with van der Waals surface area (Å²) in [5, 5.41) is 2.88. The molecule has 1 aromatic carbocycles. The highest BCUT2D eigenvalue weighted by atomic mass is 35.5. The van der Waals surface area contributed by atoms with Crippen LogP contribution < -0.4 is 5.32 Å². The van der Waals surface area contributed by atoms with E-state index in [0.717, 1.165) is 16.8 Å². The number of halogens is 1. The number of benzene rings is 1. The fraction of sp³-hybridized carbons (Fsp3) is 0.200. The van der Waals surface area contributed by atoms with Gasteiger partial charge in [-0.25, -0.2) is 0 Å². The van der Waals surface area contributed by atoms with Crippen molar-refractivity contribution in [2.45, 2.75) is 19.3 Å². The Bertz CT molecular complexity index is 567. The number of pyridine rings is 1. The molecule has 0 unspecified atom stereocenters. The molecule has 2 aromatic rings. The van der Waals surface area contributed by atoms with Crippen LogP contribution in [0.2, 0.25) is 0 Å². The number of alkyl halides is 1. The summed E-state index contributed by atoms with van der Waals surface area (Å²) in [6.07, 6.45) is 1.64. The van der Waals surface area contributed by atoms with Gasteiger partial charge in [-0.1, -0.05) is 24.3 Å². The number of carbonyl (C=O) groups excluding carboxylic acids is 1. The zero-order valence-electron chi connectivity index (χ0n) is 10.7. The highest BCUT2D eigenvalue weighted by Crippen LogP contribution is 2.07. The van der Waals surface area contributed by atoms with E-state index in [1.807, 2.05) is 31.2 Å². The highest BCUT2D eigenvalue weighted by Gasteiger charge is 2.05. The summed E-state index contributed by atoms with van der Waals surface area (Å²) in [4.78, 5) is 16.0. The van der Waals surface area contributed by atoms with E-state index in [1.165, 1.54) is 0 Å². The van der Waals surface area contributed by atoms with Gasteiger partial charge in [0, 0.05) is 29.9 Å². The molecule has 98 valence electrons. The van der Waals surface area contributed by atoms with Crippen LogP contribution in [0.15, 0.2) is 42.6 Å². The first kappa shape index (κ1) is 13.6. The molecule has 1 amide bonds. The number of nitrogens with zero attached hydrogens (tertiary/aromatic N) is 1. The third-order valence-electron chi connectivity index (χ3n) is 2.79. The molecule has 19 heavy (non-hydrogen) atoms. The SMILES string of the molecule is Cc1cc(C(=O)NCc2ccc(CCl)cc2)ccn1. The summed E-state index contributed by atoms with van der Waals surface area (Å²) in [5.41, 5.74) is 3.58. The zero-order chi connectivity index (χ0) is 13.7. The molecule has 0 saturated heterocycles. The average molecular weight is 275 g/mol. The summed E-state index contributed by atoms with van der Waals surface area (Å²) in [6.45, 7) is 2.37. The Kier molecular flexibility index (Phi) is 4.53. The van der Waals surface area contributed by atoms with Crippen LogP contribution in [-0.4, -0.2) is 10.9 Å². The van der Waals surface area contributed by atoms with Crippen LogP contribution in [0.1, 0.15) is 27.2 Å². The fourth-order valence-corrected chi connectivity index (χ4v) is 1.90. The standard InChI is InChI=1S/C15H15ClN2O/c1-11-8-14(6-7-17-11)15(19)18-10-13-4-2-12(9-16)3-5-13/h2-8H,9-10H2,1H3,(H,18,19). The average Bonchev–Trinajstić information content (AvgIpc) is 2.45. The van der Waals surface area contributed by atoms with Crippen molar-refractivity contribution < 1.29 is 4.79 Å². The molecule has 0 aliphatic heterocycles. The zero-order valence-corrected chi connectivity index (χ0v) is 11.4. The van der Waals surface area contributed by atoms with Crippen LogP contribution in [-0.2, 0) is 12.4 Å². The van der Waals surface area contributed by atoms with Gasteiger partial charge < -0.3 is 5.32 Å². The Morgan fingerprint density at radius 1 is 1.21 bits per heavy atom. The normalized spacial score (nSPS) is 10.2. The summed E-state index contributed by atoms with van der Waals surface area (Å²) in [6, 6.07) is 11.3. The molecule has 0 spiro atoms. The molecule has 1 N–H and O–H groups in total. The third-order valence-corrected chi connectivity index (χ3v) is 3.10. The van der Waals surface area contributed by atoms with E-state index in [1.54, 1.807) is 18.3 Å². The van der Waals surface area contributed by atoms with Crippen LogP contribution in [0.4, 0.5) is 0 Å². The largest absolute Gasteiger partial charge is 0.348 e. The lowest BCUT2D eigenvalue weighted by molar-refractivity contribution is 0.0950. The van der Waals surface area contributed by atoms with Crippen molar-refractivity contribution in [3.8, 4) is 0 Å². The van der Waals surface area contributed by atoms with Crippen LogP contribution in [0.5, 0.6) is 0 Å². The second kappa shape index (κ2) is 6.34.